The number of carboxylic acid groups (broad SMARTS) is 1. The molecule has 8 heteroatoms. The van der Waals surface area contributed by atoms with Crippen molar-refractivity contribution in [2.45, 2.75) is 29.8 Å². The number of hydrogen-bond donors (Lipinski definition) is 3. The monoisotopic (exact) mass is 314 g/mol. The van der Waals surface area contributed by atoms with Gasteiger partial charge in [0.15, 0.2) is 0 Å². The molecule has 1 aromatic carbocycles. The van der Waals surface area contributed by atoms with Crippen molar-refractivity contribution in [3.05, 3.63) is 24.3 Å². The number of benzene rings is 1. The van der Waals surface area contributed by atoms with Crippen LogP contribution in [0.25, 0.3) is 0 Å². The van der Waals surface area contributed by atoms with Gasteiger partial charge in [-0.1, -0.05) is 12.1 Å². The summed E-state index contributed by atoms with van der Waals surface area (Å²) < 4.78 is 32.0. The fourth-order valence-electron chi connectivity index (χ4n) is 1.83. The van der Waals surface area contributed by atoms with Crippen molar-refractivity contribution in [2.24, 2.45) is 0 Å². The van der Waals surface area contributed by atoms with Crippen LogP contribution in [0.4, 0.5) is 5.69 Å². The molecule has 0 bridgehead atoms. The molecule has 2 rings (SSSR count). The van der Waals surface area contributed by atoms with Crippen LogP contribution in [-0.4, -0.2) is 45.3 Å². The summed E-state index contributed by atoms with van der Waals surface area (Å²) in [5, 5.41) is 11.8. The van der Waals surface area contributed by atoms with Gasteiger partial charge in [0.05, 0.1) is 12.3 Å². The molecule has 0 aliphatic heterocycles. The molecule has 1 aromatic rings. The van der Waals surface area contributed by atoms with Gasteiger partial charge in [-0.3, -0.25) is 0 Å². The second kappa shape index (κ2) is 6.42. The van der Waals surface area contributed by atoms with Crippen LogP contribution in [0.15, 0.2) is 29.2 Å². The third kappa shape index (κ3) is 4.16. The SMILES string of the molecule is COCC(Nc1ccccc1S(=O)(=O)NC1CC1)C(=O)O. The molecular formula is C13H18N2O5S. The summed E-state index contributed by atoms with van der Waals surface area (Å²) in [5.74, 6) is -1.11. The summed E-state index contributed by atoms with van der Waals surface area (Å²) >= 11 is 0. The average Bonchev–Trinajstić information content (AvgIpc) is 3.22. The lowest BCUT2D eigenvalue weighted by Crippen LogP contribution is -2.35. The molecule has 1 saturated carbocycles. The van der Waals surface area contributed by atoms with Gasteiger partial charge in [0.25, 0.3) is 0 Å². The Morgan fingerprint density at radius 3 is 2.67 bits per heavy atom. The summed E-state index contributed by atoms with van der Waals surface area (Å²) in [4.78, 5) is 11.2. The van der Waals surface area contributed by atoms with Gasteiger partial charge in [-0.2, -0.15) is 0 Å². The van der Waals surface area contributed by atoms with Gasteiger partial charge in [0.2, 0.25) is 10.0 Å². The number of rotatable bonds is 8. The van der Waals surface area contributed by atoms with Crippen molar-refractivity contribution in [1.82, 2.24) is 4.72 Å². The zero-order valence-electron chi connectivity index (χ0n) is 11.6. The fraction of sp³-hybridized carbons (Fsp3) is 0.462. The Bertz CT molecular complexity index is 613. The fourth-order valence-corrected chi connectivity index (χ4v) is 3.31. The number of carboxylic acids is 1. The van der Waals surface area contributed by atoms with Crippen LogP contribution in [0.1, 0.15) is 12.8 Å². The van der Waals surface area contributed by atoms with Crippen molar-refractivity contribution in [3.63, 3.8) is 0 Å². The summed E-state index contributed by atoms with van der Waals surface area (Å²) in [5.41, 5.74) is 0.245. The van der Waals surface area contributed by atoms with Gasteiger partial charge in [0, 0.05) is 13.2 Å². The zero-order chi connectivity index (χ0) is 15.5. The summed E-state index contributed by atoms with van der Waals surface area (Å²) in [6.45, 7) is -0.0697. The molecule has 0 heterocycles. The first-order valence-electron chi connectivity index (χ1n) is 6.53. The van der Waals surface area contributed by atoms with Gasteiger partial charge < -0.3 is 15.2 Å². The molecule has 21 heavy (non-hydrogen) atoms. The minimum absolute atomic E-state index is 0.0164. The molecule has 1 aliphatic rings. The molecule has 0 radical (unpaired) electrons. The first-order chi connectivity index (χ1) is 9.94. The Morgan fingerprint density at radius 2 is 2.10 bits per heavy atom. The van der Waals surface area contributed by atoms with Crippen molar-refractivity contribution in [2.75, 3.05) is 19.0 Å². The highest BCUT2D eigenvalue weighted by atomic mass is 32.2. The first kappa shape index (κ1) is 15.7. The highest BCUT2D eigenvalue weighted by Gasteiger charge is 2.30. The van der Waals surface area contributed by atoms with Crippen molar-refractivity contribution < 1.29 is 23.1 Å². The predicted molar refractivity (Wildman–Crippen MR) is 76.7 cm³/mol. The van der Waals surface area contributed by atoms with Crippen LogP contribution in [0.5, 0.6) is 0 Å². The zero-order valence-corrected chi connectivity index (χ0v) is 12.4. The van der Waals surface area contributed by atoms with E-state index in [1.54, 1.807) is 12.1 Å². The minimum Gasteiger partial charge on any atom is -0.480 e. The molecule has 1 aliphatic carbocycles. The van der Waals surface area contributed by atoms with Crippen LogP contribution in [0, 0.1) is 0 Å². The Morgan fingerprint density at radius 1 is 1.43 bits per heavy atom. The summed E-state index contributed by atoms with van der Waals surface area (Å²) in [7, 11) is -2.28. The Balaban J connectivity index is 2.25. The number of methoxy groups -OCH3 is 1. The van der Waals surface area contributed by atoms with E-state index in [4.69, 9.17) is 9.84 Å². The topological polar surface area (TPSA) is 105 Å². The van der Waals surface area contributed by atoms with Crippen LogP contribution in [0.2, 0.25) is 0 Å². The van der Waals surface area contributed by atoms with Crippen molar-refractivity contribution in [3.8, 4) is 0 Å². The van der Waals surface area contributed by atoms with Crippen molar-refractivity contribution in [1.29, 1.82) is 0 Å². The van der Waals surface area contributed by atoms with E-state index in [0.29, 0.717) is 0 Å². The number of aliphatic carboxylic acids is 1. The Labute approximate surface area is 123 Å². The highest BCUT2D eigenvalue weighted by Crippen LogP contribution is 2.26. The second-order valence-corrected chi connectivity index (χ2v) is 6.56. The number of hydrogen-bond acceptors (Lipinski definition) is 5. The molecular weight excluding hydrogens is 296 g/mol. The third-order valence-electron chi connectivity index (χ3n) is 3.04. The molecule has 3 N–H and O–H groups in total. The smallest absolute Gasteiger partial charge is 0.328 e. The molecule has 1 unspecified atom stereocenters. The number of nitrogens with one attached hydrogen (secondary N) is 2. The van der Waals surface area contributed by atoms with Gasteiger partial charge in [0.1, 0.15) is 10.9 Å². The summed E-state index contributed by atoms with van der Waals surface area (Å²) in [6, 6.07) is 5.18. The van der Waals surface area contributed by atoms with Gasteiger partial charge in [-0.25, -0.2) is 17.9 Å². The number of sulfonamides is 1. The standard InChI is InChI=1S/C13H18N2O5S/c1-20-8-11(13(16)17)14-10-4-2-3-5-12(10)21(18,19)15-9-6-7-9/h2-5,9,11,14-15H,6-8H2,1H3,(H,16,17). The van der Waals surface area contributed by atoms with E-state index in [0.717, 1.165) is 12.8 Å². The number of carbonyl (C=O) groups is 1. The van der Waals surface area contributed by atoms with E-state index < -0.39 is 22.0 Å². The van der Waals surface area contributed by atoms with Crippen LogP contribution in [-0.2, 0) is 19.6 Å². The molecule has 1 fully saturated rings. The minimum atomic E-state index is -3.66. The number of para-hydroxylation sites is 1. The lowest BCUT2D eigenvalue weighted by Gasteiger charge is -2.18. The van der Waals surface area contributed by atoms with Gasteiger partial charge >= 0.3 is 5.97 Å². The predicted octanol–water partition coefficient (Wildman–Crippen LogP) is 0.639. The Kier molecular flexibility index (Phi) is 4.81. The highest BCUT2D eigenvalue weighted by molar-refractivity contribution is 7.89. The number of anilines is 1. The molecule has 0 saturated heterocycles. The van der Waals surface area contributed by atoms with E-state index >= 15 is 0 Å². The van der Waals surface area contributed by atoms with Crippen LogP contribution in [0.3, 0.4) is 0 Å². The second-order valence-electron chi connectivity index (χ2n) is 4.88. The molecule has 1 atom stereocenters. The molecule has 0 aromatic heterocycles. The maximum atomic E-state index is 12.3. The van der Waals surface area contributed by atoms with Crippen LogP contribution >= 0.6 is 0 Å². The van der Waals surface area contributed by atoms with E-state index in [1.807, 2.05) is 0 Å². The van der Waals surface area contributed by atoms with E-state index in [2.05, 4.69) is 10.0 Å². The average molecular weight is 314 g/mol. The van der Waals surface area contributed by atoms with E-state index in [-0.39, 0.29) is 23.2 Å². The van der Waals surface area contributed by atoms with E-state index in [1.165, 1.54) is 19.2 Å². The van der Waals surface area contributed by atoms with Gasteiger partial charge in [-0.05, 0) is 25.0 Å². The maximum Gasteiger partial charge on any atom is 0.328 e. The lowest BCUT2D eigenvalue weighted by atomic mass is 10.2. The van der Waals surface area contributed by atoms with E-state index in [9.17, 15) is 13.2 Å². The van der Waals surface area contributed by atoms with Crippen molar-refractivity contribution >= 4 is 21.7 Å². The Hall–Kier alpha value is -1.64. The maximum absolute atomic E-state index is 12.3. The third-order valence-corrected chi connectivity index (χ3v) is 4.62. The summed E-state index contributed by atoms with van der Waals surface area (Å²) in [6.07, 6.45) is 1.66. The quantitative estimate of drug-likeness (QED) is 0.650. The van der Waals surface area contributed by atoms with Gasteiger partial charge in [-0.15, -0.1) is 0 Å². The normalized spacial score (nSPS) is 16.4. The largest absolute Gasteiger partial charge is 0.480 e. The molecule has 116 valence electrons. The number of ether oxygens (including phenoxy) is 1. The van der Waals surface area contributed by atoms with Crippen LogP contribution < -0.4 is 10.0 Å². The first-order valence-corrected chi connectivity index (χ1v) is 8.02. The molecule has 0 amide bonds. The lowest BCUT2D eigenvalue weighted by molar-refractivity contribution is -0.139. The molecule has 7 nitrogen and oxygen atoms in total. The molecule has 0 spiro atoms.